The summed E-state index contributed by atoms with van der Waals surface area (Å²) < 4.78 is 44.6. The van der Waals surface area contributed by atoms with Gasteiger partial charge >= 0.3 is 0 Å². The van der Waals surface area contributed by atoms with E-state index < -0.39 is 41.0 Å². The van der Waals surface area contributed by atoms with Gasteiger partial charge in [0.1, 0.15) is 21.3 Å². The lowest BCUT2D eigenvalue weighted by Gasteiger charge is -2.07. The monoisotopic (exact) mass is 266 g/mol. The lowest BCUT2D eigenvalue weighted by atomic mass is 10.3. The smallest absolute Gasteiger partial charge is 0.179 e. The molecule has 0 radical (unpaired) electrons. The van der Waals surface area contributed by atoms with Crippen LogP contribution in [0.15, 0.2) is 21.9 Å². The molecule has 1 aromatic rings. The van der Waals surface area contributed by atoms with E-state index >= 15 is 0 Å². The second kappa shape index (κ2) is 3.63. The average Bonchev–Trinajstić information content (AvgIpc) is 2.04. The molecule has 0 aliphatic heterocycles. The number of phenolic OH excluding ortho intramolecular Hbond substituents is 2. The van der Waals surface area contributed by atoms with Crippen molar-refractivity contribution in [1.82, 2.24) is 0 Å². The van der Waals surface area contributed by atoms with E-state index in [2.05, 4.69) is 0 Å². The highest BCUT2D eigenvalue weighted by Crippen LogP contribution is 2.33. The Morgan fingerprint density at radius 3 is 1.25 bits per heavy atom. The summed E-state index contributed by atoms with van der Waals surface area (Å²) in [5.41, 5.74) is 0. The molecule has 0 atom stereocenters. The number of benzene rings is 1. The van der Waals surface area contributed by atoms with Crippen molar-refractivity contribution in [3.63, 3.8) is 0 Å². The Hall–Kier alpha value is -1.28. The first-order valence-corrected chi connectivity index (χ1v) is 7.78. The van der Waals surface area contributed by atoms with Gasteiger partial charge < -0.3 is 10.2 Å². The van der Waals surface area contributed by atoms with E-state index in [1.165, 1.54) is 0 Å². The molecule has 0 aliphatic rings. The molecule has 1 aromatic carbocycles. The first kappa shape index (κ1) is 12.8. The Morgan fingerprint density at radius 1 is 0.812 bits per heavy atom. The third kappa shape index (κ3) is 2.45. The summed E-state index contributed by atoms with van der Waals surface area (Å²) in [6.45, 7) is 0. The fourth-order valence-electron chi connectivity index (χ4n) is 1.13. The zero-order valence-corrected chi connectivity index (χ0v) is 10.1. The molecule has 0 aromatic heterocycles. The maximum absolute atomic E-state index is 11.1. The van der Waals surface area contributed by atoms with Gasteiger partial charge in [-0.15, -0.1) is 0 Å². The topological polar surface area (TPSA) is 109 Å². The van der Waals surface area contributed by atoms with Crippen LogP contribution in [0.1, 0.15) is 0 Å². The molecule has 6 nitrogen and oxygen atoms in total. The van der Waals surface area contributed by atoms with Gasteiger partial charge in [-0.3, -0.25) is 0 Å². The van der Waals surface area contributed by atoms with E-state index in [1.807, 2.05) is 0 Å². The van der Waals surface area contributed by atoms with Crippen LogP contribution in [0.4, 0.5) is 0 Å². The van der Waals surface area contributed by atoms with Gasteiger partial charge in [-0.2, -0.15) is 0 Å². The summed E-state index contributed by atoms with van der Waals surface area (Å²) in [5, 5.41) is 18.7. The van der Waals surface area contributed by atoms with Gasteiger partial charge in [-0.25, -0.2) is 16.8 Å². The minimum atomic E-state index is -3.72. The molecule has 0 saturated carbocycles. The molecule has 8 heteroatoms. The Bertz CT molecular complexity index is 569. The van der Waals surface area contributed by atoms with Crippen LogP contribution in [-0.4, -0.2) is 39.6 Å². The van der Waals surface area contributed by atoms with Crippen LogP contribution in [0.25, 0.3) is 0 Å². The highest BCUT2D eigenvalue weighted by molar-refractivity contribution is 7.91. The molecule has 2 N–H and O–H groups in total. The second-order valence-corrected chi connectivity index (χ2v) is 7.30. The van der Waals surface area contributed by atoms with Crippen LogP contribution >= 0.6 is 0 Å². The normalized spacial score (nSPS) is 12.6. The van der Waals surface area contributed by atoms with Crippen molar-refractivity contribution >= 4 is 19.7 Å². The van der Waals surface area contributed by atoms with Crippen molar-refractivity contribution in [1.29, 1.82) is 0 Å². The van der Waals surface area contributed by atoms with Gasteiger partial charge in [0, 0.05) is 24.6 Å². The maximum atomic E-state index is 11.1. The predicted octanol–water partition coefficient (Wildman–Crippen LogP) is -0.0952. The predicted molar refractivity (Wildman–Crippen MR) is 56.0 cm³/mol. The summed E-state index contributed by atoms with van der Waals surface area (Å²) in [4.78, 5) is -1.03. The first-order valence-electron chi connectivity index (χ1n) is 3.99. The van der Waals surface area contributed by atoms with Crippen molar-refractivity contribution < 1.29 is 27.0 Å². The highest BCUT2D eigenvalue weighted by atomic mass is 32.2. The molecule has 1 rings (SSSR count). The average molecular weight is 266 g/mol. The first-order chi connectivity index (χ1) is 7.03. The number of hydrogen-bond donors (Lipinski definition) is 2. The zero-order chi connectivity index (χ0) is 12.7. The number of sulfone groups is 2. The number of rotatable bonds is 2. The van der Waals surface area contributed by atoms with Gasteiger partial charge in [0.25, 0.3) is 0 Å². The largest absolute Gasteiger partial charge is 0.507 e. The third-order valence-electron chi connectivity index (χ3n) is 1.84. The Labute approximate surface area is 93.0 Å². The molecule has 0 fully saturated rings. The molecule has 0 spiro atoms. The summed E-state index contributed by atoms with van der Waals surface area (Å²) >= 11 is 0. The summed E-state index contributed by atoms with van der Waals surface area (Å²) in [5.74, 6) is -1.42. The van der Waals surface area contributed by atoms with E-state index in [0.29, 0.717) is 12.1 Å². The van der Waals surface area contributed by atoms with Gasteiger partial charge in [0.15, 0.2) is 19.7 Å². The van der Waals surface area contributed by atoms with Gasteiger partial charge in [-0.05, 0) is 0 Å². The molecule has 0 amide bonds. The van der Waals surface area contributed by atoms with Crippen LogP contribution in [-0.2, 0) is 19.7 Å². The highest BCUT2D eigenvalue weighted by Gasteiger charge is 2.21. The maximum Gasteiger partial charge on any atom is 0.179 e. The SMILES string of the molecule is CS(=O)(=O)c1cc(O)c(S(C)(=O)=O)cc1O. The Morgan fingerprint density at radius 2 is 1.06 bits per heavy atom. The Balaban J connectivity index is 3.65. The molecule has 0 saturated heterocycles. The minimum Gasteiger partial charge on any atom is -0.507 e. The van der Waals surface area contributed by atoms with Crippen molar-refractivity contribution in [3.05, 3.63) is 12.1 Å². The molecule has 0 unspecified atom stereocenters. The molecule has 0 bridgehead atoms. The van der Waals surface area contributed by atoms with Crippen LogP contribution in [0.2, 0.25) is 0 Å². The van der Waals surface area contributed by atoms with Gasteiger partial charge in [-0.1, -0.05) is 0 Å². The van der Waals surface area contributed by atoms with Crippen molar-refractivity contribution in [2.75, 3.05) is 12.5 Å². The fourth-order valence-corrected chi connectivity index (χ4v) is 2.66. The molecule has 0 aliphatic carbocycles. The number of hydrogen-bond acceptors (Lipinski definition) is 6. The van der Waals surface area contributed by atoms with E-state index in [0.717, 1.165) is 12.5 Å². The molecular weight excluding hydrogens is 256 g/mol. The minimum absolute atomic E-state index is 0.516. The van der Waals surface area contributed by atoms with Crippen LogP contribution in [0.3, 0.4) is 0 Å². The quantitative estimate of drug-likeness (QED) is 0.724. The van der Waals surface area contributed by atoms with E-state index in [4.69, 9.17) is 0 Å². The van der Waals surface area contributed by atoms with E-state index in [-0.39, 0.29) is 0 Å². The molecule has 90 valence electrons. The summed E-state index contributed by atoms with van der Waals surface area (Å²) in [6, 6.07) is 1.42. The van der Waals surface area contributed by atoms with Crippen LogP contribution in [0, 0.1) is 0 Å². The van der Waals surface area contributed by atoms with Crippen LogP contribution in [0.5, 0.6) is 11.5 Å². The molecule has 0 heterocycles. The second-order valence-electron chi connectivity index (χ2n) is 3.33. The number of phenols is 2. The standard InChI is InChI=1S/C8H10O6S2/c1-15(11,12)7-3-6(10)8(4-5(7)9)16(2,13)14/h3-4,9-10H,1-2H3. The summed E-state index contributed by atoms with van der Waals surface area (Å²) in [7, 11) is -7.45. The Kier molecular flexibility index (Phi) is 2.90. The molecule has 16 heavy (non-hydrogen) atoms. The van der Waals surface area contributed by atoms with Gasteiger partial charge in [0.2, 0.25) is 0 Å². The summed E-state index contributed by atoms with van der Waals surface area (Å²) in [6.07, 6.45) is 1.67. The van der Waals surface area contributed by atoms with Crippen molar-refractivity contribution in [2.24, 2.45) is 0 Å². The van der Waals surface area contributed by atoms with Gasteiger partial charge in [0.05, 0.1) is 0 Å². The zero-order valence-electron chi connectivity index (χ0n) is 8.50. The number of aromatic hydroxyl groups is 2. The lowest BCUT2D eigenvalue weighted by molar-refractivity contribution is 0.433. The molecular formula is C8H10O6S2. The lowest BCUT2D eigenvalue weighted by Crippen LogP contribution is -2.02. The van der Waals surface area contributed by atoms with Crippen molar-refractivity contribution in [3.8, 4) is 11.5 Å². The van der Waals surface area contributed by atoms with Crippen LogP contribution < -0.4 is 0 Å². The van der Waals surface area contributed by atoms with E-state index in [9.17, 15) is 27.0 Å². The van der Waals surface area contributed by atoms with Crippen molar-refractivity contribution in [2.45, 2.75) is 9.79 Å². The van der Waals surface area contributed by atoms with E-state index in [1.54, 1.807) is 0 Å². The third-order valence-corrected chi connectivity index (χ3v) is 4.09. The fraction of sp³-hybridized carbons (Fsp3) is 0.250.